The first-order valence-electron chi connectivity index (χ1n) is 8.16. The van der Waals surface area contributed by atoms with E-state index in [-0.39, 0.29) is 30.0 Å². The summed E-state index contributed by atoms with van der Waals surface area (Å²) in [6.07, 6.45) is 1.72. The summed E-state index contributed by atoms with van der Waals surface area (Å²) < 4.78 is 16.4. The molecule has 0 radical (unpaired) electrons. The maximum absolute atomic E-state index is 12.6. The lowest BCUT2D eigenvalue weighted by Crippen LogP contribution is -2.14. The standard InChI is InChI=1S/C19H23ClO4/c1-10(2)6-13-17(19(13,4)5)18(21)24-11(3)12-7-15-16(8-14(12)20)23-9-22-15/h6-8,11,13,17H,9H2,1-5H3/t11-,13-,17+/m0/s1. The quantitative estimate of drug-likeness (QED) is 0.571. The van der Waals surface area contributed by atoms with Gasteiger partial charge in [-0.05, 0) is 38.2 Å². The first-order chi connectivity index (χ1) is 11.2. The minimum absolute atomic E-state index is 0.0627. The van der Waals surface area contributed by atoms with Crippen molar-refractivity contribution in [1.82, 2.24) is 0 Å². The zero-order valence-electron chi connectivity index (χ0n) is 14.7. The monoisotopic (exact) mass is 350 g/mol. The Labute approximate surface area is 147 Å². The summed E-state index contributed by atoms with van der Waals surface area (Å²) in [5.74, 6) is 1.20. The molecule has 0 unspecified atom stereocenters. The molecular formula is C19H23ClO4. The molecule has 0 spiro atoms. The van der Waals surface area contributed by atoms with E-state index in [4.69, 9.17) is 25.8 Å². The number of fused-ring (bicyclic) bond motifs is 1. The molecule has 0 saturated heterocycles. The summed E-state index contributed by atoms with van der Waals surface area (Å²) in [6.45, 7) is 10.3. The van der Waals surface area contributed by atoms with E-state index in [0.29, 0.717) is 16.5 Å². The van der Waals surface area contributed by atoms with Crippen LogP contribution >= 0.6 is 11.6 Å². The van der Waals surface area contributed by atoms with Crippen LogP contribution in [0.1, 0.15) is 46.3 Å². The van der Waals surface area contributed by atoms with Crippen LogP contribution in [0.2, 0.25) is 5.02 Å². The molecule has 0 bridgehead atoms. The van der Waals surface area contributed by atoms with Crippen LogP contribution in [0.5, 0.6) is 11.5 Å². The van der Waals surface area contributed by atoms with Gasteiger partial charge in [0.25, 0.3) is 0 Å². The molecule has 1 aromatic carbocycles. The molecule has 1 aromatic rings. The zero-order valence-corrected chi connectivity index (χ0v) is 15.4. The molecule has 1 heterocycles. The number of ether oxygens (including phenoxy) is 3. The predicted molar refractivity (Wildman–Crippen MR) is 92.3 cm³/mol. The van der Waals surface area contributed by atoms with Crippen LogP contribution < -0.4 is 9.47 Å². The molecule has 5 heteroatoms. The number of hydrogen-bond donors (Lipinski definition) is 0. The molecule has 1 aliphatic carbocycles. The first-order valence-corrected chi connectivity index (χ1v) is 8.54. The lowest BCUT2D eigenvalue weighted by molar-refractivity contribution is -0.151. The molecule has 1 fully saturated rings. The molecule has 24 heavy (non-hydrogen) atoms. The van der Waals surface area contributed by atoms with E-state index in [2.05, 4.69) is 19.9 Å². The highest BCUT2D eigenvalue weighted by molar-refractivity contribution is 6.31. The van der Waals surface area contributed by atoms with E-state index < -0.39 is 6.10 Å². The van der Waals surface area contributed by atoms with Crippen molar-refractivity contribution in [2.24, 2.45) is 17.3 Å². The normalized spacial score (nSPS) is 24.2. The van der Waals surface area contributed by atoms with Gasteiger partial charge in [-0.15, -0.1) is 0 Å². The summed E-state index contributed by atoms with van der Waals surface area (Å²) in [6, 6.07) is 3.49. The number of carbonyl (C=O) groups excluding carboxylic acids is 1. The van der Waals surface area contributed by atoms with Crippen molar-refractivity contribution in [2.75, 3.05) is 6.79 Å². The van der Waals surface area contributed by atoms with Gasteiger partial charge in [-0.2, -0.15) is 0 Å². The van der Waals surface area contributed by atoms with Crippen LogP contribution in [0.4, 0.5) is 0 Å². The molecule has 3 atom stereocenters. The summed E-state index contributed by atoms with van der Waals surface area (Å²) >= 11 is 6.30. The van der Waals surface area contributed by atoms with Gasteiger partial charge >= 0.3 is 5.97 Å². The first kappa shape index (κ1) is 17.2. The molecule has 0 aromatic heterocycles. The van der Waals surface area contributed by atoms with Crippen LogP contribution in [0.25, 0.3) is 0 Å². The third-order valence-electron chi connectivity index (χ3n) is 4.90. The van der Waals surface area contributed by atoms with Crippen LogP contribution in [0, 0.1) is 17.3 Å². The van der Waals surface area contributed by atoms with Crippen LogP contribution in [0.3, 0.4) is 0 Å². The second-order valence-electron chi connectivity index (χ2n) is 7.37. The molecule has 1 saturated carbocycles. The minimum atomic E-state index is -0.441. The van der Waals surface area contributed by atoms with E-state index in [1.165, 1.54) is 5.57 Å². The fourth-order valence-electron chi connectivity index (χ4n) is 3.35. The Balaban J connectivity index is 1.73. The number of rotatable bonds is 4. The Kier molecular flexibility index (Phi) is 4.28. The largest absolute Gasteiger partial charge is 0.457 e. The summed E-state index contributed by atoms with van der Waals surface area (Å²) in [5.41, 5.74) is 1.88. The van der Waals surface area contributed by atoms with Crippen molar-refractivity contribution in [3.05, 3.63) is 34.4 Å². The second kappa shape index (κ2) is 5.99. The number of benzene rings is 1. The maximum Gasteiger partial charge on any atom is 0.310 e. The van der Waals surface area contributed by atoms with Gasteiger partial charge in [0.15, 0.2) is 11.5 Å². The fourth-order valence-corrected chi connectivity index (χ4v) is 3.66. The van der Waals surface area contributed by atoms with Gasteiger partial charge in [0.1, 0.15) is 6.10 Å². The Morgan fingerprint density at radius 1 is 1.33 bits per heavy atom. The number of halogens is 1. The van der Waals surface area contributed by atoms with E-state index in [1.807, 2.05) is 20.8 Å². The lowest BCUT2D eigenvalue weighted by Gasteiger charge is -2.16. The lowest BCUT2D eigenvalue weighted by atomic mass is 10.1. The van der Waals surface area contributed by atoms with Crippen LogP contribution in [0.15, 0.2) is 23.8 Å². The molecule has 4 nitrogen and oxygen atoms in total. The Morgan fingerprint density at radius 3 is 2.58 bits per heavy atom. The van der Waals surface area contributed by atoms with Crippen molar-refractivity contribution in [1.29, 1.82) is 0 Å². The number of esters is 1. The molecular weight excluding hydrogens is 328 g/mol. The molecule has 0 N–H and O–H groups in total. The van der Waals surface area contributed by atoms with E-state index in [0.717, 1.165) is 5.56 Å². The highest BCUT2D eigenvalue weighted by atomic mass is 35.5. The fraction of sp³-hybridized carbons (Fsp3) is 0.526. The van der Waals surface area contributed by atoms with Crippen LogP contribution in [-0.4, -0.2) is 12.8 Å². The van der Waals surface area contributed by atoms with E-state index in [1.54, 1.807) is 12.1 Å². The Morgan fingerprint density at radius 2 is 1.96 bits per heavy atom. The molecule has 0 amide bonds. The van der Waals surface area contributed by atoms with Crippen molar-refractivity contribution >= 4 is 17.6 Å². The molecule has 1 aliphatic heterocycles. The van der Waals surface area contributed by atoms with Gasteiger partial charge in [-0.1, -0.05) is 37.1 Å². The van der Waals surface area contributed by atoms with E-state index in [9.17, 15) is 4.79 Å². The van der Waals surface area contributed by atoms with Gasteiger partial charge in [0.05, 0.1) is 10.9 Å². The third-order valence-corrected chi connectivity index (χ3v) is 5.23. The van der Waals surface area contributed by atoms with Crippen molar-refractivity contribution in [3.8, 4) is 11.5 Å². The topological polar surface area (TPSA) is 44.8 Å². The Hall–Kier alpha value is -1.68. The van der Waals surface area contributed by atoms with Gasteiger partial charge < -0.3 is 14.2 Å². The van der Waals surface area contributed by atoms with Gasteiger partial charge in [-0.3, -0.25) is 4.79 Å². The van der Waals surface area contributed by atoms with Crippen LogP contribution in [-0.2, 0) is 9.53 Å². The van der Waals surface area contributed by atoms with Gasteiger partial charge in [0, 0.05) is 11.6 Å². The predicted octanol–water partition coefficient (Wildman–Crippen LogP) is 4.91. The third kappa shape index (κ3) is 3.00. The highest BCUT2D eigenvalue weighted by Crippen LogP contribution is 2.60. The van der Waals surface area contributed by atoms with Crippen molar-refractivity contribution < 1.29 is 19.0 Å². The molecule has 130 valence electrons. The van der Waals surface area contributed by atoms with Crippen molar-refractivity contribution in [2.45, 2.75) is 40.7 Å². The smallest absolute Gasteiger partial charge is 0.310 e. The molecule has 3 rings (SSSR count). The van der Waals surface area contributed by atoms with Gasteiger partial charge in [-0.25, -0.2) is 0 Å². The number of allylic oxidation sites excluding steroid dienone is 2. The molecule has 2 aliphatic rings. The van der Waals surface area contributed by atoms with E-state index >= 15 is 0 Å². The zero-order chi connectivity index (χ0) is 17.6. The van der Waals surface area contributed by atoms with Gasteiger partial charge in [0.2, 0.25) is 6.79 Å². The summed E-state index contributed by atoms with van der Waals surface area (Å²) in [4.78, 5) is 12.6. The summed E-state index contributed by atoms with van der Waals surface area (Å²) in [7, 11) is 0. The SMILES string of the molecule is CC(C)=C[C@H]1[C@H](C(=O)O[C@@H](C)c2cc3c(cc2Cl)OCO3)C1(C)C. The Bertz CT molecular complexity index is 704. The average molecular weight is 351 g/mol. The maximum atomic E-state index is 12.6. The highest BCUT2D eigenvalue weighted by Gasteiger charge is 2.61. The van der Waals surface area contributed by atoms with Crippen molar-refractivity contribution in [3.63, 3.8) is 0 Å². The second-order valence-corrected chi connectivity index (χ2v) is 7.78. The summed E-state index contributed by atoms with van der Waals surface area (Å²) in [5, 5.41) is 0.510. The minimum Gasteiger partial charge on any atom is -0.457 e. The average Bonchev–Trinajstić information content (AvgIpc) is 2.82. The number of carbonyl (C=O) groups is 1. The number of hydrogen-bond acceptors (Lipinski definition) is 4.